The molecule has 2 aliphatic heterocycles. The predicted octanol–water partition coefficient (Wildman–Crippen LogP) is 2.34. The van der Waals surface area contributed by atoms with Crippen LogP contribution in [0.4, 0.5) is 0 Å². The molecule has 1 amide bonds. The van der Waals surface area contributed by atoms with Crippen LogP contribution in [-0.2, 0) is 0 Å². The Hall–Kier alpha value is -1.13. The molecule has 2 saturated heterocycles. The summed E-state index contributed by atoms with van der Waals surface area (Å²) in [5.41, 5.74) is 1.03. The first-order valence-electron chi connectivity index (χ1n) is 7.30. The zero-order valence-corrected chi connectivity index (χ0v) is 12.3. The van der Waals surface area contributed by atoms with E-state index in [4.69, 9.17) is 11.6 Å². The van der Waals surface area contributed by atoms with E-state index in [1.807, 2.05) is 4.90 Å². The van der Waals surface area contributed by atoms with Crippen LogP contribution in [0.5, 0.6) is 0 Å². The van der Waals surface area contributed by atoms with Crippen molar-refractivity contribution in [2.45, 2.75) is 25.7 Å². The number of hydrogen-bond donors (Lipinski definition) is 1. The Morgan fingerprint density at radius 2 is 1.95 bits per heavy atom. The smallest absolute Gasteiger partial charge is 0.255 e. The highest BCUT2D eigenvalue weighted by Gasteiger charge is 2.37. The van der Waals surface area contributed by atoms with Crippen molar-refractivity contribution < 1.29 is 4.79 Å². The maximum atomic E-state index is 12.5. The summed E-state index contributed by atoms with van der Waals surface area (Å²) in [6.07, 6.45) is 7.87. The highest BCUT2D eigenvalue weighted by molar-refractivity contribution is 6.33. The van der Waals surface area contributed by atoms with Crippen LogP contribution in [0, 0.1) is 5.41 Å². The highest BCUT2D eigenvalue weighted by atomic mass is 35.5. The van der Waals surface area contributed by atoms with Gasteiger partial charge in [0.15, 0.2) is 0 Å². The Morgan fingerprint density at radius 3 is 2.60 bits per heavy atom. The normalized spacial score (nSPS) is 21.9. The molecule has 3 heterocycles. The van der Waals surface area contributed by atoms with Gasteiger partial charge in [-0.1, -0.05) is 11.6 Å². The van der Waals surface area contributed by atoms with Gasteiger partial charge in [0.2, 0.25) is 0 Å². The number of carbonyl (C=O) groups excluding carboxylic acids is 1. The standard InChI is InChI=1S/C15H20ClN3O/c16-13-11-18-6-1-12(13)14(20)19-9-4-15(5-10-19)2-7-17-8-3-15/h1,6,11,17H,2-5,7-10H2. The fourth-order valence-corrected chi connectivity index (χ4v) is 3.56. The van der Waals surface area contributed by atoms with Gasteiger partial charge in [-0.3, -0.25) is 9.78 Å². The molecule has 5 heteroatoms. The fourth-order valence-electron chi connectivity index (χ4n) is 3.36. The minimum absolute atomic E-state index is 0.0428. The van der Waals surface area contributed by atoms with Crippen LogP contribution in [0.2, 0.25) is 5.02 Å². The molecule has 20 heavy (non-hydrogen) atoms. The lowest BCUT2D eigenvalue weighted by Crippen LogP contribution is -2.47. The number of aromatic nitrogens is 1. The molecule has 1 spiro atoms. The van der Waals surface area contributed by atoms with Crippen molar-refractivity contribution in [1.29, 1.82) is 0 Å². The molecule has 4 nitrogen and oxygen atoms in total. The first-order valence-corrected chi connectivity index (χ1v) is 7.68. The van der Waals surface area contributed by atoms with Crippen LogP contribution in [0.15, 0.2) is 18.5 Å². The lowest BCUT2D eigenvalue weighted by Gasteiger charge is -2.44. The van der Waals surface area contributed by atoms with Crippen LogP contribution in [0.25, 0.3) is 0 Å². The third-order valence-corrected chi connectivity index (χ3v) is 5.08. The van der Waals surface area contributed by atoms with E-state index >= 15 is 0 Å². The second-order valence-corrected chi connectivity index (χ2v) is 6.30. The molecule has 2 aliphatic rings. The van der Waals surface area contributed by atoms with Crippen molar-refractivity contribution in [2.75, 3.05) is 26.2 Å². The number of hydrogen-bond acceptors (Lipinski definition) is 3. The molecule has 1 N–H and O–H groups in total. The van der Waals surface area contributed by atoms with Crippen molar-refractivity contribution in [2.24, 2.45) is 5.41 Å². The SMILES string of the molecule is O=C(c1ccncc1Cl)N1CCC2(CCNCC2)CC1. The van der Waals surface area contributed by atoms with Gasteiger partial charge in [-0.15, -0.1) is 0 Å². The zero-order chi connectivity index (χ0) is 14.0. The lowest BCUT2D eigenvalue weighted by molar-refractivity contribution is 0.0496. The Balaban J connectivity index is 1.66. The van der Waals surface area contributed by atoms with Crippen LogP contribution in [0.1, 0.15) is 36.0 Å². The van der Waals surface area contributed by atoms with E-state index in [1.165, 1.54) is 19.0 Å². The van der Waals surface area contributed by atoms with Crippen molar-refractivity contribution in [1.82, 2.24) is 15.2 Å². The van der Waals surface area contributed by atoms with Crippen molar-refractivity contribution >= 4 is 17.5 Å². The van der Waals surface area contributed by atoms with Gasteiger partial charge in [0.05, 0.1) is 10.6 Å². The first kappa shape index (κ1) is 13.8. The van der Waals surface area contributed by atoms with Crippen LogP contribution in [0.3, 0.4) is 0 Å². The molecule has 1 aromatic heterocycles. The fraction of sp³-hybridized carbons (Fsp3) is 0.600. The number of amides is 1. The largest absolute Gasteiger partial charge is 0.339 e. The van der Waals surface area contributed by atoms with Gasteiger partial charge in [0, 0.05) is 25.5 Å². The molecule has 0 atom stereocenters. The molecule has 108 valence electrons. The topological polar surface area (TPSA) is 45.2 Å². The van der Waals surface area contributed by atoms with E-state index in [0.717, 1.165) is 39.0 Å². The molecule has 2 fully saturated rings. The molecule has 1 aromatic rings. The molecule has 3 rings (SSSR count). The molecule has 0 saturated carbocycles. The number of likely N-dealkylation sites (tertiary alicyclic amines) is 1. The van der Waals surface area contributed by atoms with E-state index in [2.05, 4.69) is 10.3 Å². The van der Waals surface area contributed by atoms with Crippen LogP contribution < -0.4 is 5.32 Å². The summed E-state index contributed by atoms with van der Waals surface area (Å²) in [6.45, 7) is 3.92. The number of rotatable bonds is 1. The number of pyridine rings is 1. The summed E-state index contributed by atoms with van der Waals surface area (Å²) in [7, 11) is 0. The summed E-state index contributed by atoms with van der Waals surface area (Å²) >= 11 is 6.06. The molecule has 0 aliphatic carbocycles. The Labute approximate surface area is 124 Å². The quantitative estimate of drug-likeness (QED) is 0.864. The molecule has 0 unspecified atom stereocenters. The van der Waals surface area contributed by atoms with Crippen molar-refractivity contribution in [3.8, 4) is 0 Å². The van der Waals surface area contributed by atoms with Crippen LogP contribution >= 0.6 is 11.6 Å². The van der Waals surface area contributed by atoms with E-state index in [1.54, 1.807) is 12.3 Å². The molecule has 0 bridgehead atoms. The summed E-state index contributed by atoms with van der Waals surface area (Å²) in [6, 6.07) is 1.71. The van der Waals surface area contributed by atoms with Gasteiger partial charge in [0.25, 0.3) is 5.91 Å². The second kappa shape index (κ2) is 5.70. The first-order chi connectivity index (χ1) is 9.70. The average Bonchev–Trinajstić information content (AvgIpc) is 2.49. The number of nitrogens with one attached hydrogen (secondary N) is 1. The van der Waals surface area contributed by atoms with Gasteiger partial charge in [-0.05, 0) is 50.3 Å². The van der Waals surface area contributed by atoms with Gasteiger partial charge in [-0.2, -0.15) is 0 Å². The maximum Gasteiger partial charge on any atom is 0.255 e. The van der Waals surface area contributed by atoms with Crippen molar-refractivity contribution in [3.63, 3.8) is 0 Å². The van der Waals surface area contributed by atoms with Gasteiger partial charge in [-0.25, -0.2) is 0 Å². The monoisotopic (exact) mass is 293 g/mol. The second-order valence-electron chi connectivity index (χ2n) is 5.90. The number of halogens is 1. The van der Waals surface area contributed by atoms with Crippen molar-refractivity contribution in [3.05, 3.63) is 29.0 Å². The average molecular weight is 294 g/mol. The highest BCUT2D eigenvalue weighted by Crippen LogP contribution is 2.39. The minimum Gasteiger partial charge on any atom is -0.339 e. The van der Waals surface area contributed by atoms with E-state index in [0.29, 0.717) is 16.0 Å². The number of nitrogens with zero attached hydrogens (tertiary/aromatic N) is 2. The third kappa shape index (κ3) is 2.67. The Kier molecular flexibility index (Phi) is 3.94. The summed E-state index contributed by atoms with van der Waals surface area (Å²) in [5, 5.41) is 3.86. The maximum absolute atomic E-state index is 12.5. The Morgan fingerprint density at radius 1 is 1.25 bits per heavy atom. The lowest BCUT2D eigenvalue weighted by atomic mass is 9.71. The summed E-state index contributed by atoms with van der Waals surface area (Å²) in [5.74, 6) is 0.0428. The molecule has 0 aromatic carbocycles. The number of piperidine rings is 2. The predicted molar refractivity (Wildman–Crippen MR) is 78.9 cm³/mol. The van der Waals surface area contributed by atoms with E-state index in [9.17, 15) is 4.79 Å². The Bertz CT molecular complexity index is 490. The molecule has 0 radical (unpaired) electrons. The minimum atomic E-state index is 0.0428. The van der Waals surface area contributed by atoms with Gasteiger partial charge >= 0.3 is 0 Å². The van der Waals surface area contributed by atoms with Gasteiger partial charge in [0.1, 0.15) is 0 Å². The van der Waals surface area contributed by atoms with Crippen LogP contribution in [-0.4, -0.2) is 42.0 Å². The molecular formula is C15H20ClN3O. The number of carbonyl (C=O) groups is 1. The summed E-state index contributed by atoms with van der Waals surface area (Å²) < 4.78 is 0. The van der Waals surface area contributed by atoms with E-state index < -0.39 is 0 Å². The third-order valence-electron chi connectivity index (χ3n) is 4.78. The van der Waals surface area contributed by atoms with E-state index in [-0.39, 0.29) is 5.91 Å². The zero-order valence-electron chi connectivity index (χ0n) is 11.6. The van der Waals surface area contributed by atoms with Gasteiger partial charge < -0.3 is 10.2 Å². The summed E-state index contributed by atoms with van der Waals surface area (Å²) in [4.78, 5) is 18.4. The molecular weight excluding hydrogens is 274 g/mol.